The summed E-state index contributed by atoms with van der Waals surface area (Å²) < 4.78 is 7.85. The van der Waals surface area contributed by atoms with Crippen molar-refractivity contribution in [3.8, 4) is 0 Å². The molecule has 0 radical (unpaired) electrons. The number of aryl methyl sites for hydroxylation is 1. The number of hydrogen-bond acceptors (Lipinski definition) is 3. The molecule has 1 saturated heterocycles. The van der Waals surface area contributed by atoms with E-state index in [4.69, 9.17) is 4.74 Å². The minimum atomic E-state index is -0.0942. The number of rotatable bonds is 2. The highest BCUT2D eigenvalue weighted by Crippen LogP contribution is 2.39. The van der Waals surface area contributed by atoms with Crippen LogP contribution in [0.4, 0.5) is 0 Å². The molecule has 1 N–H and O–H groups in total. The van der Waals surface area contributed by atoms with Gasteiger partial charge in [-0.05, 0) is 25.3 Å². The molecule has 122 valence electrons. The number of carbonyl (C=O) groups is 1. The van der Waals surface area contributed by atoms with Crippen LogP contribution in [0.5, 0.6) is 0 Å². The SMILES string of the molecule is Cn1nc(C(=O)N[C@@H]2COC3(CCCCC3)C2)c2ccccc21. The molecule has 5 nitrogen and oxygen atoms in total. The molecular weight excluding hydrogens is 290 g/mol. The second-order valence-electron chi connectivity index (χ2n) is 6.92. The number of ether oxygens (including phenoxy) is 1. The normalized spacial score (nSPS) is 23.4. The van der Waals surface area contributed by atoms with E-state index >= 15 is 0 Å². The van der Waals surface area contributed by atoms with Gasteiger partial charge in [-0.2, -0.15) is 5.10 Å². The van der Waals surface area contributed by atoms with E-state index in [0.29, 0.717) is 12.3 Å². The van der Waals surface area contributed by atoms with Crippen molar-refractivity contribution in [2.24, 2.45) is 7.05 Å². The van der Waals surface area contributed by atoms with Crippen LogP contribution in [-0.4, -0.2) is 33.9 Å². The van der Waals surface area contributed by atoms with E-state index in [-0.39, 0.29) is 17.6 Å². The Kier molecular flexibility index (Phi) is 3.60. The topological polar surface area (TPSA) is 56.2 Å². The van der Waals surface area contributed by atoms with E-state index in [1.165, 1.54) is 19.3 Å². The first-order valence-electron chi connectivity index (χ1n) is 8.53. The molecule has 1 aliphatic carbocycles. The number of carbonyl (C=O) groups excluding carboxylic acids is 1. The Morgan fingerprint density at radius 1 is 1.30 bits per heavy atom. The third-order valence-corrected chi connectivity index (χ3v) is 5.28. The average Bonchev–Trinajstić information content (AvgIpc) is 3.10. The molecule has 2 aliphatic rings. The first-order valence-corrected chi connectivity index (χ1v) is 8.53. The maximum absolute atomic E-state index is 12.7. The van der Waals surface area contributed by atoms with Gasteiger partial charge >= 0.3 is 0 Å². The molecule has 1 amide bonds. The van der Waals surface area contributed by atoms with Crippen LogP contribution in [0.1, 0.15) is 49.0 Å². The van der Waals surface area contributed by atoms with E-state index in [1.54, 1.807) is 4.68 Å². The fourth-order valence-corrected chi connectivity index (χ4v) is 4.12. The largest absolute Gasteiger partial charge is 0.373 e. The van der Waals surface area contributed by atoms with E-state index in [2.05, 4.69) is 10.4 Å². The molecule has 1 aromatic heterocycles. The number of fused-ring (bicyclic) bond motifs is 1. The van der Waals surface area contributed by atoms with E-state index in [1.807, 2.05) is 31.3 Å². The van der Waals surface area contributed by atoms with Crippen molar-refractivity contribution in [1.29, 1.82) is 0 Å². The van der Waals surface area contributed by atoms with Crippen molar-refractivity contribution in [2.75, 3.05) is 6.61 Å². The Morgan fingerprint density at radius 3 is 2.91 bits per heavy atom. The summed E-state index contributed by atoms with van der Waals surface area (Å²) >= 11 is 0. The van der Waals surface area contributed by atoms with E-state index in [0.717, 1.165) is 30.2 Å². The summed E-state index contributed by atoms with van der Waals surface area (Å²) in [4.78, 5) is 12.7. The number of nitrogens with one attached hydrogen (secondary N) is 1. The summed E-state index contributed by atoms with van der Waals surface area (Å²) in [6.07, 6.45) is 6.99. The lowest BCUT2D eigenvalue weighted by molar-refractivity contribution is -0.0246. The van der Waals surface area contributed by atoms with Crippen molar-refractivity contribution >= 4 is 16.8 Å². The summed E-state index contributed by atoms with van der Waals surface area (Å²) in [5.41, 5.74) is 1.50. The summed E-state index contributed by atoms with van der Waals surface area (Å²) in [5.74, 6) is -0.0942. The van der Waals surface area contributed by atoms with Crippen LogP contribution in [-0.2, 0) is 11.8 Å². The fourth-order valence-electron chi connectivity index (χ4n) is 4.12. The number of aromatic nitrogens is 2. The third-order valence-electron chi connectivity index (χ3n) is 5.28. The zero-order valence-corrected chi connectivity index (χ0v) is 13.5. The van der Waals surface area contributed by atoms with Crippen LogP contribution >= 0.6 is 0 Å². The van der Waals surface area contributed by atoms with Gasteiger partial charge in [0.25, 0.3) is 5.91 Å². The highest BCUT2D eigenvalue weighted by molar-refractivity contribution is 6.04. The lowest BCUT2D eigenvalue weighted by Gasteiger charge is -2.32. The maximum Gasteiger partial charge on any atom is 0.272 e. The van der Waals surface area contributed by atoms with Gasteiger partial charge in [-0.15, -0.1) is 0 Å². The summed E-state index contributed by atoms with van der Waals surface area (Å²) in [7, 11) is 1.87. The third kappa shape index (κ3) is 2.63. The van der Waals surface area contributed by atoms with Crippen LogP contribution in [0.3, 0.4) is 0 Å². The Hall–Kier alpha value is -1.88. The molecule has 1 spiro atoms. The lowest BCUT2D eigenvalue weighted by atomic mass is 9.82. The summed E-state index contributed by atoms with van der Waals surface area (Å²) in [5, 5.41) is 8.43. The standard InChI is InChI=1S/C18H23N3O2/c1-21-15-8-4-3-7-14(15)16(20-21)17(22)19-13-11-18(23-12-13)9-5-2-6-10-18/h3-4,7-8,13H,2,5-6,9-12H2,1H3,(H,19,22)/t13-/m0/s1. The maximum atomic E-state index is 12.7. The van der Waals surface area contributed by atoms with Gasteiger partial charge in [-0.25, -0.2) is 0 Å². The molecule has 2 aromatic rings. The van der Waals surface area contributed by atoms with Crippen LogP contribution in [0.25, 0.3) is 10.9 Å². The molecule has 23 heavy (non-hydrogen) atoms. The average molecular weight is 313 g/mol. The van der Waals surface area contributed by atoms with Gasteiger partial charge in [0.15, 0.2) is 5.69 Å². The monoisotopic (exact) mass is 313 g/mol. The van der Waals surface area contributed by atoms with Crippen molar-refractivity contribution < 1.29 is 9.53 Å². The first kappa shape index (κ1) is 14.7. The van der Waals surface area contributed by atoms with Crippen LogP contribution in [0, 0.1) is 0 Å². The van der Waals surface area contributed by atoms with Crippen molar-refractivity contribution in [3.63, 3.8) is 0 Å². The first-order chi connectivity index (χ1) is 11.2. The summed E-state index contributed by atoms with van der Waals surface area (Å²) in [6.45, 7) is 0.622. The minimum absolute atomic E-state index is 0.0163. The number of amides is 1. The fraction of sp³-hybridized carbons (Fsp3) is 0.556. The molecular formula is C18H23N3O2. The van der Waals surface area contributed by atoms with Gasteiger partial charge < -0.3 is 10.1 Å². The second-order valence-corrected chi connectivity index (χ2v) is 6.92. The number of hydrogen-bond donors (Lipinski definition) is 1. The van der Waals surface area contributed by atoms with Gasteiger partial charge in [0.2, 0.25) is 0 Å². The molecule has 5 heteroatoms. The molecule has 0 bridgehead atoms. The number of para-hydroxylation sites is 1. The van der Waals surface area contributed by atoms with Crippen molar-refractivity contribution in [3.05, 3.63) is 30.0 Å². The quantitative estimate of drug-likeness (QED) is 0.927. The Balaban J connectivity index is 1.50. The molecule has 2 heterocycles. The molecule has 1 saturated carbocycles. The second kappa shape index (κ2) is 5.64. The smallest absolute Gasteiger partial charge is 0.272 e. The van der Waals surface area contributed by atoms with Crippen LogP contribution in [0.2, 0.25) is 0 Å². The zero-order chi connectivity index (χ0) is 15.9. The van der Waals surface area contributed by atoms with E-state index < -0.39 is 0 Å². The van der Waals surface area contributed by atoms with Gasteiger partial charge in [0, 0.05) is 12.4 Å². The highest BCUT2D eigenvalue weighted by Gasteiger charge is 2.41. The van der Waals surface area contributed by atoms with Gasteiger partial charge in [0.05, 0.1) is 23.8 Å². The Bertz CT molecular complexity index is 731. The lowest BCUT2D eigenvalue weighted by Crippen LogP contribution is -2.37. The number of nitrogens with zero attached hydrogens (tertiary/aromatic N) is 2. The molecule has 1 aromatic carbocycles. The minimum Gasteiger partial charge on any atom is -0.373 e. The highest BCUT2D eigenvalue weighted by atomic mass is 16.5. The van der Waals surface area contributed by atoms with Crippen LogP contribution < -0.4 is 5.32 Å². The van der Waals surface area contributed by atoms with Gasteiger partial charge in [-0.3, -0.25) is 9.48 Å². The van der Waals surface area contributed by atoms with Crippen molar-refractivity contribution in [1.82, 2.24) is 15.1 Å². The van der Waals surface area contributed by atoms with Crippen LogP contribution in [0.15, 0.2) is 24.3 Å². The zero-order valence-electron chi connectivity index (χ0n) is 13.5. The van der Waals surface area contributed by atoms with Gasteiger partial charge in [0.1, 0.15) is 0 Å². The Labute approximate surface area is 136 Å². The molecule has 1 atom stereocenters. The molecule has 2 fully saturated rings. The van der Waals surface area contributed by atoms with E-state index in [9.17, 15) is 4.79 Å². The Morgan fingerprint density at radius 2 is 2.09 bits per heavy atom. The predicted molar refractivity (Wildman–Crippen MR) is 88.4 cm³/mol. The van der Waals surface area contributed by atoms with Crippen molar-refractivity contribution in [2.45, 2.75) is 50.2 Å². The predicted octanol–water partition coefficient (Wildman–Crippen LogP) is 2.79. The molecule has 0 unspecified atom stereocenters. The molecule has 4 rings (SSSR count). The summed E-state index contributed by atoms with van der Waals surface area (Å²) in [6, 6.07) is 7.93. The number of benzene rings is 1. The molecule has 1 aliphatic heterocycles. The van der Waals surface area contributed by atoms with Gasteiger partial charge in [-0.1, -0.05) is 37.5 Å².